The number of carbonyl (C=O) groups excluding carboxylic acids is 1. The van der Waals surface area contributed by atoms with Gasteiger partial charge >= 0.3 is 0 Å². The second kappa shape index (κ2) is 6.96. The van der Waals surface area contributed by atoms with Crippen LogP contribution < -0.4 is 10.6 Å². The molecule has 0 aliphatic carbocycles. The molecule has 2 atom stereocenters. The number of thioether (sulfide) groups is 1. The van der Waals surface area contributed by atoms with Gasteiger partial charge in [0.05, 0.1) is 5.75 Å². The largest absolute Gasteiger partial charge is 0.353 e. The quantitative estimate of drug-likeness (QED) is 0.831. The lowest BCUT2D eigenvalue weighted by molar-refractivity contribution is -0.119. The molecule has 0 aromatic heterocycles. The third-order valence-corrected chi connectivity index (χ3v) is 4.39. The highest BCUT2D eigenvalue weighted by molar-refractivity contribution is 8.00. The molecule has 104 valence electrons. The number of aryl methyl sites for hydroxylation is 1. The molecule has 3 nitrogen and oxygen atoms in total. The first kappa shape index (κ1) is 14.4. The summed E-state index contributed by atoms with van der Waals surface area (Å²) < 4.78 is 0. The Morgan fingerprint density at radius 2 is 2.16 bits per heavy atom. The lowest BCUT2D eigenvalue weighted by Gasteiger charge is -2.28. The molecule has 2 rings (SSSR count). The Hall–Kier alpha value is -1.00. The van der Waals surface area contributed by atoms with Gasteiger partial charge in [-0.25, -0.2) is 0 Å². The maximum absolute atomic E-state index is 11.9. The van der Waals surface area contributed by atoms with Crippen LogP contribution in [0.4, 0.5) is 0 Å². The Morgan fingerprint density at radius 1 is 1.42 bits per heavy atom. The van der Waals surface area contributed by atoms with E-state index < -0.39 is 0 Å². The fraction of sp³-hybridized carbons (Fsp3) is 0.533. The second-order valence-corrected chi connectivity index (χ2v) is 6.29. The van der Waals surface area contributed by atoms with E-state index >= 15 is 0 Å². The molecular formula is C15H22N2OS. The van der Waals surface area contributed by atoms with Crippen LogP contribution in [-0.4, -0.2) is 30.3 Å². The van der Waals surface area contributed by atoms with Crippen LogP contribution in [0.1, 0.15) is 25.3 Å². The molecule has 1 heterocycles. The molecule has 1 saturated heterocycles. The van der Waals surface area contributed by atoms with Crippen LogP contribution in [0.15, 0.2) is 29.2 Å². The van der Waals surface area contributed by atoms with Crippen LogP contribution in [0.25, 0.3) is 0 Å². The summed E-state index contributed by atoms with van der Waals surface area (Å²) in [6.45, 7) is 5.23. The summed E-state index contributed by atoms with van der Waals surface area (Å²) in [5.74, 6) is 0.645. The predicted molar refractivity (Wildman–Crippen MR) is 80.5 cm³/mol. The van der Waals surface area contributed by atoms with Crippen molar-refractivity contribution < 1.29 is 4.79 Å². The Kier molecular flexibility index (Phi) is 5.28. The minimum Gasteiger partial charge on any atom is -0.353 e. The number of piperidine rings is 1. The summed E-state index contributed by atoms with van der Waals surface area (Å²) in [5.41, 5.74) is 1.25. The smallest absolute Gasteiger partial charge is 0.230 e. The monoisotopic (exact) mass is 278 g/mol. The standard InChI is InChI=1S/C15H22N2OS/c1-11-3-5-14(6-4-11)19-10-15(18)17-13-7-8-16-12(2)9-13/h3-6,12-13,16H,7-10H2,1-2H3,(H,17,18). The molecule has 0 spiro atoms. The van der Waals surface area contributed by atoms with E-state index in [0.717, 1.165) is 24.3 Å². The van der Waals surface area contributed by atoms with Crippen molar-refractivity contribution in [2.45, 2.75) is 43.7 Å². The van der Waals surface area contributed by atoms with E-state index in [1.165, 1.54) is 5.56 Å². The third kappa shape index (κ3) is 4.88. The second-order valence-electron chi connectivity index (χ2n) is 5.25. The van der Waals surface area contributed by atoms with E-state index in [0.29, 0.717) is 17.8 Å². The fourth-order valence-corrected chi connectivity index (χ4v) is 3.03. The molecule has 1 amide bonds. The minimum absolute atomic E-state index is 0.143. The molecule has 19 heavy (non-hydrogen) atoms. The van der Waals surface area contributed by atoms with Crippen molar-refractivity contribution in [1.29, 1.82) is 0 Å². The highest BCUT2D eigenvalue weighted by Gasteiger charge is 2.19. The van der Waals surface area contributed by atoms with Gasteiger partial charge in [-0.3, -0.25) is 4.79 Å². The zero-order chi connectivity index (χ0) is 13.7. The summed E-state index contributed by atoms with van der Waals surface area (Å²) in [6, 6.07) is 9.13. The molecule has 1 aliphatic heterocycles. The maximum atomic E-state index is 11.9. The van der Waals surface area contributed by atoms with E-state index in [2.05, 4.69) is 48.7 Å². The van der Waals surface area contributed by atoms with E-state index in [1.54, 1.807) is 11.8 Å². The molecule has 0 radical (unpaired) electrons. The van der Waals surface area contributed by atoms with Crippen molar-refractivity contribution in [3.05, 3.63) is 29.8 Å². The van der Waals surface area contributed by atoms with Crippen molar-refractivity contribution in [3.8, 4) is 0 Å². The van der Waals surface area contributed by atoms with Gasteiger partial charge in [-0.2, -0.15) is 0 Å². The maximum Gasteiger partial charge on any atom is 0.230 e. The lowest BCUT2D eigenvalue weighted by atomic mass is 10.0. The molecule has 1 fully saturated rings. The number of nitrogens with one attached hydrogen (secondary N) is 2. The van der Waals surface area contributed by atoms with E-state index in [4.69, 9.17) is 0 Å². The van der Waals surface area contributed by atoms with Gasteiger partial charge in [0.15, 0.2) is 0 Å². The molecule has 2 N–H and O–H groups in total. The molecule has 1 aromatic carbocycles. The topological polar surface area (TPSA) is 41.1 Å². The summed E-state index contributed by atoms with van der Waals surface area (Å²) >= 11 is 1.60. The predicted octanol–water partition coefficient (Wildman–Crippen LogP) is 2.34. The lowest BCUT2D eigenvalue weighted by Crippen LogP contribution is -2.47. The van der Waals surface area contributed by atoms with Gasteiger partial charge in [-0.15, -0.1) is 11.8 Å². The summed E-state index contributed by atoms with van der Waals surface area (Å²) in [6.07, 6.45) is 2.06. The molecule has 0 bridgehead atoms. The summed E-state index contributed by atoms with van der Waals surface area (Å²) in [7, 11) is 0. The van der Waals surface area contributed by atoms with E-state index in [-0.39, 0.29) is 5.91 Å². The first-order chi connectivity index (χ1) is 9.13. The Morgan fingerprint density at radius 3 is 2.84 bits per heavy atom. The van der Waals surface area contributed by atoms with E-state index in [9.17, 15) is 4.79 Å². The van der Waals surface area contributed by atoms with Crippen molar-refractivity contribution in [1.82, 2.24) is 10.6 Å². The molecular weight excluding hydrogens is 256 g/mol. The van der Waals surface area contributed by atoms with Crippen LogP contribution in [0.2, 0.25) is 0 Å². The van der Waals surface area contributed by atoms with Crippen molar-refractivity contribution in [2.75, 3.05) is 12.3 Å². The van der Waals surface area contributed by atoms with Crippen molar-refractivity contribution in [2.24, 2.45) is 0 Å². The number of hydrogen-bond acceptors (Lipinski definition) is 3. The zero-order valence-electron chi connectivity index (χ0n) is 11.6. The van der Waals surface area contributed by atoms with Crippen LogP contribution in [0.3, 0.4) is 0 Å². The first-order valence-electron chi connectivity index (χ1n) is 6.85. The number of carbonyl (C=O) groups is 1. The highest BCUT2D eigenvalue weighted by Crippen LogP contribution is 2.18. The summed E-state index contributed by atoms with van der Waals surface area (Å²) in [4.78, 5) is 13.1. The molecule has 1 aliphatic rings. The minimum atomic E-state index is 0.143. The summed E-state index contributed by atoms with van der Waals surface area (Å²) in [5, 5.41) is 6.52. The van der Waals surface area contributed by atoms with Crippen LogP contribution in [0, 0.1) is 6.92 Å². The van der Waals surface area contributed by atoms with Crippen molar-refractivity contribution in [3.63, 3.8) is 0 Å². The highest BCUT2D eigenvalue weighted by atomic mass is 32.2. The van der Waals surface area contributed by atoms with Crippen LogP contribution in [-0.2, 0) is 4.79 Å². The SMILES string of the molecule is Cc1ccc(SCC(=O)NC2CCNC(C)C2)cc1. The van der Waals surface area contributed by atoms with Gasteiger partial charge in [0.25, 0.3) is 0 Å². The van der Waals surface area contributed by atoms with Crippen LogP contribution >= 0.6 is 11.8 Å². The molecule has 4 heteroatoms. The molecule has 2 unspecified atom stereocenters. The Labute approximate surface area is 119 Å². The normalized spacial score (nSPS) is 23.1. The van der Waals surface area contributed by atoms with Crippen LogP contribution in [0.5, 0.6) is 0 Å². The Balaban J connectivity index is 1.73. The number of amides is 1. The zero-order valence-corrected chi connectivity index (χ0v) is 12.4. The number of rotatable bonds is 4. The number of hydrogen-bond donors (Lipinski definition) is 2. The van der Waals surface area contributed by atoms with Gasteiger partial charge in [0.2, 0.25) is 5.91 Å². The van der Waals surface area contributed by atoms with Crippen molar-refractivity contribution >= 4 is 17.7 Å². The van der Waals surface area contributed by atoms with E-state index in [1.807, 2.05) is 0 Å². The Bertz CT molecular complexity index is 419. The van der Waals surface area contributed by atoms with Gasteiger partial charge in [-0.1, -0.05) is 17.7 Å². The number of benzene rings is 1. The average Bonchev–Trinajstić information content (AvgIpc) is 2.38. The average molecular weight is 278 g/mol. The molecule has 1 aromatic rings. The third-order valence-electron chi connectivity index (χ3n) is 3.38. The molecule has 0 saturated carbocycles. The van der Waals surface area contributed by atoms with Gasteiger partial charge in [-0.05, 0) is 45.4 Å². The van der Waals surface area contributed by atoms with Gasteiger partial charge in [0.1, 0.15) is 0 Å². The van der Waals surface area contributed by atoms with Gasteiger partial charge < -0.3 is 10.6 Å². The first-order valence-corrected chi connectivity index (χ1v) is 7.84. The fourth-order valence-electron chi connectivity index (χ4n) is 2.32. The van der Waals surface area contributed by atoms with Gasteiger partial charge in [0, 0.05) is 17.0 Å².